The van der Waals surface area contributed by atoms with Crippen LogP contribution >= 0.6 is 11.6 Å². The van der Waals surface area contributed by atoms with Crippen molar-refractivity contribution < 1.29 is 28.6 Å². The van der Waals surface area contributed by atoms with E-state index in [2.05, 4.69) is 22.5 Å². The number of halogens is 1. The van der Waals surface area contributed by atoms with E-state index in [4.69, 9.17) is 25.9 Å². The zero-order valence-electron chi connectivity index (χ0n) is 22.7. The van der Waals surface area contributed by atoms with E-state index in [1.54, 1.807) is 24.3 Å². The maximum Gasteiger partial charge on any atom is 0.337 e. The van der Waals surface area contributed by atoms with Gasteiger partial charge in [0, 0.05) is 30.6 Å². The summed E-state index contributed by atoms with van der Waals surface area (Å²) in [4.78, 5) is 44.2. The third-order valence-corrected chi connectivity index (χ3v) is 7.54. The molecule has 0 atom stereocenters. The van der Waals surface area contributed by atoms with Gasteiger partial charge >= 0.3 is 5.97 Å². The van der Waals surface area contributed by atoms with Gasteiger partial charge in [-0.2, -0.15) is 0 Å². The Bertz CT molecular complexity index is 1330. The van der Waals surface area contributed by atoms with Gasteiger partial charge in [0.25, 0.3) is 5.91 Å². The first-order chi connectivity index (χ1) is 19.3. The number of likely N-dealkylation sites (tertiary alicyclic amines) is 1. The number of aromatic nitrogens is 1. The Kier molecular flexibility index (Phi) is 10.1. The molecule has 1 aliphatic heterocycles. The molecule has 3 heterocycles. The molecule has 1 aromatic carbocycles. The molecule has 214 valence electrons. The number of rotatable bonds is 6. The van der Waals surface area contributed by atoms with E-state index in [9.17, 15) is 14.4 Å². The Hall–Kier alpha value is -3.47. The van der Waals surface area contributed by atoms with Gasteiger partial charge in [-0.1, -0.05) is 18.5 Å². The van der Waals surface area contributed by atoms with Crippen LogP contribution in [0.4, 0.5) is 11.5 Å². The molecule has 2 fully saturated rings. The molecule has 3 aromatic rings. The number of carbonyl (C=O) groups excluding carboxylic acids is 3. The lowest BCUT2D eigenvalue weighted by atomic mass is 9.82. The van der Waals surface area contributed by atoms with Crippen LogP contribution in [-0.2, 0) is 9.53 Å². The van der Waals surface area contributed by atoms with Gasteiger partial charge in [-0.25, -0.2) is 9.78 Å². The summed E-state index contributed by atoms with van der Waals surface area (Å²) < 4.78 is 10.6. The molecule has 1 saturated carbocycles. The highest BCUT2D eigenvalue weighted by molar-refractivity contribution is 6.30. The summed E-state index contributed by atoms with van der Waals surface area (Å²) in [5.74, 6) is -0.656. The summed E-state index contributed by atoms with van der Waals surface area (Å²) in [7, 11) is 1.28. The van der Waals surface area contributed by atoms with Gasteiger partial charge < -0.3 is 24.9 Å². The van der Waals surface area contributed by atoms with Crippen LogP contribution in [0.3, 0.4) is 0 Å². The first-order valence-electron chi connectivity index (χ1n) is 13.5. The molecule has 1 saturated heterocycles. The average molecular weight is 571 g/mol. The summed E-state index contributed by atoms with van der Waals surface area (Å²) in [6, 6.07) is 7.80. The zero-order chi connectivity index (χ0) is 28.6. The second-order valence-corrected chi connectivity index (χ2v) is 10.7. The third kappa shape index (κ3) is 7.38. The number of aliphatic hydroxyl groups is 1. The Morgan fingerprint density at radius 2 is 1.82 bits per heavy atom. The number of hydrogen-bond donors (Lipinski definition) is 3. The monoisotopic (exact) mass is 570 g/mol. The highest BCUT2D eigenvalue weighted by Gasteiger charge is 2.29. The molecule has 1 aliphatic carbocycles. The fourth-order valence-corrected chi connectivity index (χ4v) is 5.03. The SMILES string of the molecule is COC(=O)c1ccc2oc(C(=O)Nc3ccc(Cl)cn3)c(NC(=O)C3CCC(C)CC3)c2c1.OCN1CCCC1. The van der Waals surface area contributed by atoms with Crippen LogP contribution in [0.25, 0.3) is 11.0 Å². The van der Waals surface area contributed by atoms with Crippen LogP contribution in [0.1, 0.15) is 66.4 Å². The lowest BCUT2D eigenvalue weighted by molar-refractivity contribution is -0.121. The molecule has 2 aliphatic rings. The molecule has 0 unspecified atom stereocenters. The van der Waals surface area contributed by atoms with Crippen molar-refractivity contribution in [2.24, 2.45) is 11.8 Å². The highest BCUT2D eigenvalue weighted by Crippen LogP contribution is 2.35. The number of ether oxygens (including phenoxy) is 1. The first kappa shape index (κ1) is 29.5. The average Bonchev–Trinajstić information content (AvgIpc) is 3.62. The second-order valence-electron chi connectivity index (χ2n) is 10.2. The number of pyridine rings is 1. The third-order valence-electron chi connectivity index (χ3n) is 7.32. The summed E-state index contributed by atoms with van der Waals surface area (Å²) in [6.07, 6.45) is 7.46. The zero-order valence-corrected chi connectivity index (χ0v) is 23.5. The van der Waals surface area contributed by atoms with Crippen molar-refractivity contribution >= 4 is 51.9 Å². The van der Waals surface area contributed by atoms with Crippen LogP contribution in [0.5, 0.6) is 0 Å². The van der Waals surface area contributed by atoms with Crippen molar-refractivity contribution in [3.05, 3.63) is 52.9 Å². The van der Waals surface area contributed by atoms with E-state index < -0.39 is 11.9 Å². The van der Waals surface area contributed by atoms with Crippen molar-refractivity contribution in [2.75, 3.05) is 37.6 Å². The summed E-state index contributed by atoms with van der Waals surface area (Å²) in [5.41, 5.74) is 0.842. The maximum atomic E-state index is 13.1. The number of furan rings is 1. The molecule has 2 aromatic heterocycles. The molecule has 0 spiro atoms. The maximum absolute atomic E-state index is 13.1. The fraction of sp³-hybridized carbons (Fsp3) is 0.448. The number of methoxy groups -OCH3 is 1. The minimum atomic E-state index is -0.590. The van der Waals surface area contributed by atoms with E-state index in [0.29, 0.717) is 21.9 Å². The van der Waals surface area contributed by atoms with E-state index in [1.807, 2.05) is 4.90 Å². The normalized spacial score (nSPS) is 19.0. The molecule has 3 N–H and O–H groups in total. The standard InChI is InChI=1S/C24H24ClN3O5.C5H11NO/c1-13-3-5-14(6-4-13)22(29)28-20-17-11-15(24(31)32-2)7-9-18(17)33-21(20)23(30)27-19-10-8-16(25)12-26-19;7-5-6-3-1-2-4-6/h7-14H,3-6H2,1-2H3,(H,28,29)(H,26,27,30);7H,1-5H2. The molecule has 11 heteroatoms. The number of anilines is 2. The van der Waals surface area contributed by atoms with Crippen LogP contribution in [-0.4, -0.2) is 59.7 Å². The van der Waals surface area contributed by atoms with Gasteiger partial charge in [0.15, 0.2) is 0 Å². The fourth-order valence-electron chi connectivity index (χ4n) is 4.92. The van der Waals surface area contributed by atoms with E-state index in [0.717, 1.165) is 38.8 Å². The molecule has 5 rings (SSSR count). The van der Waals surface area contributed by atoms with Crippen LogP contribution in [0, 0.1) is 11.8 Å². The predicted molar refractivity (Wildman–Crippen MR) is 152 cm³/mol. The summed E-state index contributed by atoms with van der Waals surface area (Å²) in [5, 5.41) is 14.9. The molecule has 0 radical (unpaired) electrons. The summed E-state index contributed by atoms with van der Waals surface area (Å²) in [6.45, 7) is 4.62. The Morgan fingerprint density at radius 3 is 2.42 bits per heavy atom. The van der Waals surface area contributed by atoms with Crippen LogP contribution in [0.15, 0.2) is 40.9 Å². The Morgan fingerprint density at radius 1 is 1.10 bits per heavy atom. The number of fused-ring (bicyclic) bond motifs is 1. The van der Waals surface area contributed by atoms with E-state index >= 15 is 0 Å². The van der Waals surface area contributed by atoms with Gasteiger partial charge in [-0.3, -0.25) is 14.5 Å². The predicted octanol–water partition coefficient (Wildman–Crippen LogP) is 5.32. The van der Waals surface area contributed by atoms with Gasteiger partial charge in [0.2, 0.25) is 11.7 Å². The van der Waals surface area contributed by atoms with Crippen molar-refractivity contribution in [3.8, 4) is 0 Å². The largest absolute Gasteiger partial charge is 0.465 e. The van der Waals surface area contributed by atoms with Gasteiger partial charge in [-0.15, -0.1) is 0 Å². The number of aliphatic hydroxyl groups excluding tert-OH is 1. The van der Waals surface area contributed by atoms with Gasteiger partial charge in [-0.05, 0) is 74.8 Å². The van der Waals surface area contributed by atoms with Gasteiger partial charge in [0.1, 0.15) is 17.1 Å². The summed E-state index contributed by atoms with van der Waals surface area (Å²) >= 11 is 5.86. The molecule has 10 nitrogen and oxygen atoms in total. The van der Waals surface area contributed by atoms with Crippen molar-refractivity contribution in [1.82, 2.24) is 9.88 Å². The van der Waals surface area contributed by atoms with Crippen LogP contribution in [0.2, 0.25) is 5.02 Å². The van der Waals surface area contributed by atoms with Crippen molar-refractivity contribution in [2.45, 2.75) is 45.4 Å². The topological polar surface area (TPSA) is 134 Å². The lowest BCUT2D eigenvalue weighted by Crippen LogP contribution is -2.27. The minimum absolute atomic E-state index is 0.0821. The molecular formula is C29H35ClN4O6. The Labute approximate surface area is 238 Å². The van der Waals surface area contributed by atoms with E-state index in [1.165, 1.54) is 32.2 Å². The smallest absolute Gasteiger partial charge is 0.337 e. The number of nitrogens with zero attached hydrogens (tertiary/aromatic N) is 2. The van der Waals surface area contributed by atoms with Crippen molar-refractivity contribution in [3.63, 3.8) is 0 Å². The number of nitrogens with one attached hydrogen (secondary N) is 2. The molecule has 40 heavy (non-hydrogen) atoms. The van der Waals surface area contributed by atoms with Gasteiger partial charge in [0.05, 0.1) is 24.4 Å². The quantitative estimate of drug-likeness (QED) is 0.339. The molecular weight excluding hydrogens is 536 g/mol. The second kappa shape index (κ2) is 13.7. The number of esters is 1. The van der Waals surface area contributed by atoms with Crippen molar-refractivity contribution in [1.29, 1.82) is 0 Å². The highest BCUT2D eigenvalue weighted by atomic mass is 35.5. The number of hydrogen-bond acceptors (Lipinski definition) is 8. The molecule has 0 bridgehead atoms. The number of benzene rings is 1. The molecule has 2 amide bonds. The number of carbonyl (C=O) groups is 3. The minimum Gasteiger partial charge on any atom is -0.465 e. The number of amides is 2. The lowest BCUT2D eigenvalue weighted by Gasteiger charge is -2.25. The van der Waals surface area contributed by atoms with Crippen LogP contribution < -0.4 is 10.6 Å². The Balaban J connectivity index is 0.000000461. The first-order valence-corrected chi connectivity index (χ1v) is 13.9. The van der Waals surface area contributed by atoms with E-state index in [-0.39, 0.29) is 41.4 Å².